The van der Waals surface area contributed by atoms with Gasteiger partial charge in [-0.05, 0) is 59.9 Å². The summed E-state index contributed by atoms with van der Waals surface area (Å²) in [5, 5.41) is 14.9. The van der Waals surface area contributed by atoms with Gasteiger partial charge in [0, 0.05) is 17.6 Å². The van der Waals surface area contributed by atoms with Crippen LogP contribution in [0.1, 0.15) is 18.4 Å². The minimum atomic E-state index is 0.594. The van der Waals surface area contributed by atoms with Gasteiger partial charge in [0.2, 0.25) is 0 Å². The molecule has 1 saturated carbocycles. The predicted octanol–water partition coefficient (Wildman–Crippen LogP) is 2.35. The number of allylic oxidation sites excluding steroid dienone is 1. The van der Waals surface area contributed by atoms with E-state index in [0.29, 0.717) is 6.04 Å². The second-order valence-corrected chi connectivity index (χ2v) is 5.74. The number of anilines is 1. The maximum Gasteiger partial charge on any atom is 0.143 e. The number of rotatable bonds is 3. The zero-order chi connectivity index (χ0) is 13.5. The van der Waals surface area contributed by atoms with Gasteiger partial charge in [-0.15, -0.1) is 5.10 Å². The van der Waals surface area contributed by atoms with Crippen LogP contribution in [0.15, 0.2) is 36.7 Å². The number of tetrazole rings is 1. The molecule has 0 radical (unpaired) electrons. The van der Waals surface area contributed by atoms with Crippen LogP contribution in [0.3, 0.4) is 0 Å². The molecule has 3 unspecified atom stereocenters. The van der Waals surface area contributed by atoms with Crippen molar-refractivity contribution in [1.82, 2.24) is 20.2 Å². The topological polar surface area (TPSA) is 55.6 Å². The maximum atomic E-state index is 3.93. The first kappa shape index (κ1) is 11.6. The smallest absolute Gasteiger partial charge is 0.143 e. The van der Waals surface area contributed by atoms with E-state index in [4.69, 9.17) is 0 Å². The highest BCUT2D eigenvalue weighted by molar-refractivity contribution is 5.54. The van der Waals surface area contributed by atoms with Gasteiger partial charge in [0.25, 0.3) is 0 Å². The molecule has 1 aromatic carbocycles. The summed E-state index contributed by atoms with van der Waals surface area (Å²) in [7, 11) is 0. The summed E-state index contributed by atoms with van der Waals surface area (Å²) < 4.78 is 1.69. The molecule has 2 aromatic rings. The van der Waals surface area contributed by atoms with Crippen molar-refractivity contribution in [3.8, 4) is 5.69 Å². The van der Waals surface area contributed by atoms with E-state index in [9.17, 15) is 0 Å². The molecule has 0 saturated heterocycles. The minimum Gasteiger partial charge on any atom is -0.382 e. The van der Waals surface area contributed by atoms with Crippen molar-refractivity contribution in [3.05, 3.63) is 42.2 Å². The van der Waals surface area contributed by atoms with E-state index in [1.54, 1.807) is 11.0 Å². The fraction of sp³-hybridized carbons (Fsp3) is 0.400. The number of fused-ring (bicyclic) bond motifs is 1. The first-order valence-electron chi connectivity index (χ1n) is 7.08. The molecule has 20 heavy (non-hydrogen) atoms. The molecule has 0 spiro atoms. The Labute approximate surface area is 117 Å². The van der Waals surface area contributed by atoms with Crippen LogP contribution >= 0.6 is 0 Å². The summed E-state index contributed by atoms with van der Waals surface area (Å²) in [6.45, 7) is 2.08. The molecule has 102 valence electrons. The van der Waals surface area contributed by atoms with Gasteiger partial charge in [-0.2, -0.15) is 0 Å². The molecule has 1 N–H and O–H groups in total. The third-order valence-corrected chi connectivity index (χ3v) is 4.51. The van der Waals surface area contributed by atoms with Crippen LogP contribution in [0.2, 0.25) is 0 Å². The Morgan fingerprint density at radius 2 is 2.30 bits per heavy atom. The number of aromatic nitrogens is 4. The Morgan fingerprint density at radius 1 is 1.35 bits per heavy atom. The molecule has 0 amide bonds. The van der Waals surface area contributed by atoms with Gasteiger partial charge in [0.1, 0.15) is 6.33 Å². The first-order chi connectivity index (χ1) is 9.81. The molecule has 1 aromatic heterocycles. The fourth-order valence-electron chi connectivity index (χ4n) is 3.37. The van der Waals surface area contributed by atoms with Crippen molar-refractivity contribution in [3.63, 3.8) is 0 Å². The van der Waals surface area contributed by atoms with Gasteiger partial charge in [0.15, 0.2) is 0 Å². The average Bonchev–Trinajstić information content (AvgIpc) is 3.05. The highest BCUT2D eigenvalue weighted by Gasteiger charge is 2.40. The number of nitrogens with one attached hydrogen (secondary N) is 1. The average molecular weight is 267 g/mol. The molecule has 2 aliphatic carbocycles. The molecule has 4 rings (SSSR count). The molecule has 3 atom stereocenters. The molecule has 2 aliphatic rings. The SMILES string of the molecule is Cc1cc(NC2CC3CC=CC32)ccc1-n1cnnn1. The van der Waals surface area contributed by atoms with E-state index in [1.165, 1.54) is 24.1 Å². The predicted molar refractivity (Wildman–Crippen MR) is 76.7 cm³/mol. The minimum absolute atomic E-state index is 0.594. The van der Waals surface area contributed by atoms with E-state index in [-0.39, 0.29) is 0 Å². The van der Waals surface area contributed by atoms with Crippen LogP contribution in [0.4, 0.5) is 5.69 Å². The molecule has 1 fully saturated rings. The Kier molecular flexibility index (Phi) is 2.58. The van der Waals surface area contributed by atoms with Crippen molar-refractivity contribution in [2.24, 2.45) is 11.8 Å². The summed E-state index contributed by atoms with van der Waals surface area (Å²) in [5.41, 5.74) is 3.37. The fourth-order valence-corrected chi connectivity index (χ4v) is 3.37. The monoisotopic (exact) mass is 267 g/mol. The van der Waals surface area contributed by atoms with Crippen LogP contribution in [0, 0.1) is 18.8 Å². The quantitative estimate of drug-likeness (QED) is 0.867. The number of hydrogen-bond donors (Lipinski definition) is 1. The molecule has 0 aliphatic heterocycles. The van der Waals surface area contributed by atoms with Gasteiger partial charge >= 0.3 is 0 Å². The lowest BCUT2D eigenvalue weighted by Gasteiger charge is -2.41. The van der Waals surface area contributed by atoms with Crippen molar-refractivity contribution in [1.29, 1.82) is 0 Å². The van der Waals surface area contributed by atoms with Crippen molar-refractivity contribution in [2.75, 3.05) is 5.32 Å². The second-order valence-electron chi connectivity index (χ2n) is 5.74. The lowest BCUT2D eigenvalue weighted by Crippen LogP contribution is -2.43. The van der Waals surface area contributed by atoms with Gasteiger partial charge in [-0.1, -0.05) is 12.2 Å². The highest BCUT2D eigenvalue weighted by Crippen LogP contribution is 2.44. The van der Waals surface area contributed by atoms with Crippen LogP contribution in [-0.2, 0) is 0 Å². The lowest BCUT2D eigenvalue weighted by atomic mass is 9.71. The van der Waals surface area contributed by atoms with E-state index >= 15 is 0 Å². The number of hydrogen-bond acceptors (Lipinski definition) is 4. The first-order valence-corrected chi connectivity index (χ1v) is 7.08. The zero-order valence-electron chi connectivity index (χ0n) is 11.4. The normalized spacial score (nSPS) is 27.1. The molecule has 5 heteroatoms. The van der Waals surface area contributed by atoms with E-state index in [1.807, 2.05) is 0 Å². The number of benzene rings is 1. The molecular formula is C15H17N5. The highest BCUT2D eigenvalue weighted by atomic mass is 15.5. The van der Waals surface area contributed by atoms with Crippen LogP contribution in [0.5, 0.6) is 0 Å². The summed E-state index contributed by atoms with van der Waals surface area (Å²) in [6.07, 6.45) is 8.86. The van der Waals surface area contributed by atoms with Crippen molar-refractivity contribution >= 4 is 5.69 Å². The van der Waals surface area contributed by atoms with Crippen LogP contribution in [-0.4, -0.2) is 26.2 Å². The van der Waals surface area contributed by atoms with Crippen molar-refractivity contribution in [2.45, 2.75) is 25.8 Å². The Morgan fingerprint density at radius 3 is 3.05 bits per heavy atom. The van der Waals surface area contributed by atoms with Gasteiger partial charge in [-0.3, -0.25) is 0 Å². The van der Waals surface area contributed by atoms with Crippen LogP contribution < -0.4 is 5.32 Å². The van der Waals surface area contributed by atoms with E-state index < -0.39 is 0 Å². The number of nitrogens with zero attached hydrogens (tertiary/aromatic N) is 4. The summed E-state index contributed by atoms with van der Waals surface area (Å²) in [6, 6.07) is 6.94. The largest absolute Gasteiger partial charge is 0.382 e. The van der Waals surface area contributed by atoms with Gasteiger partial charge in [-0.25, -0.2) is 4.68 Å². The number of aryl methyl sites for hydroxylation is 1. The van der Waals surface area contributed by atoms with Crippen molar-refractivity contribution < 1.29 is 0 Å². The van der Waals surface area contributed by atoms with E-state index in [0.717, 1.165) is 17.5 Å². The van der Waals surface area contributed by atoms with Crippen LogP contribution in [0.25, 0.3) is 5.69 Å². The zero-order valence-corrected chi connectivity index (χ0v) is 11.4. The Bertz CT molecular complexity index is 646. The molecule has 0 bridgehead atoms. The van der Waals surface area contributed by atoms with Gasteiger partial charge < -0.3 is 5.32 Å². The molecule has 5 nitrogen and oxygen atoms in total. The van der Waals surface area contributed by atoms with E-state index in [2.05, 4.69) is 58.1 Å². The summed E-state index contributed by atoms with van der Waals surface area (Å²) in [5.74, 6) is 1.61. The summed E-state index contributed by atoms with van der Waals surface area (Å²) in [4.78, 5) is 0. The molecular weight excluding hydrogens is 250 g/mol. The maximum absolute atomic E-state index is 3.93. The summed E-state index contributed by atoms with van der Waals surface area (Å²) >= 11 is 0. The lowest BCUT2D eigenvalue weighted by molar-refractivity contribution is 0.218. The Balaban J connectivity index is 1.52. The Hall–Kier alpha value is -2.17. The second kappa shape index (κ2) is 4.44. The third-order valence-electron chi connectivity index (χ3n) is 4.51. The molecule has 1 heterocycles. The third kappa shape index (κ3) is 1.81. The standard InChI is InChI=1S/C15H17N5/c1-10-7-12(5-6-15(10)20-9-16-18-19-20)17-14-8-11-3-2-4-13(11)14/h2,4-7,9,11,13-14,17H,3,8H2,1H3. The van der Waals surface area contributed by atoms with Gasteiger partial charge in [0.05, 0.1) is 5.69 Å².